The van der Waals surface area contributed by atoms with Crippen molar-refractivity contribution < 1.29 is 18.7 Å². The zero-order chi connectivity index (χ0) is 25.8. The second kappa shape index (κ2) is 11.0. The predicted octanol–water partition coefficient (Wildman–Crippen LogP) is 3.38. The van der Waals surface area contributed by atoms with Crippen LogP contribution in [0.15, 0.2) is 30.3 Å². The number of rotatable bonds is 6. The van der Waals surface area contributed by atoms with Crippen molar-refractivity contribution in [3.8, 4) is 0 Å². The van der Waals surface area contributed by atoms with E-state index in [-0.39, 0.29) is 35.6 Å². The van der Waals surface area contributed by atoms with E-state index in [1.165, 1.54) is 13.1 Å². The summed E-state index contributed by atoms with van der Waals surface area (Å²) in [7, 11) is 1.53. The van der Waals surface area contributed by atoms with Crippen LogP contribution in [-0.4, -0.2) is 76.9 Å². The summed E-state index contributed by atoms with van der Waals surface area (Å²) in [4.78, 5) is 28.3. The predicted molar refractivity (Wildman–Crippen MR) is 132 cm³/mol. The smallest absolute Gasteiger partial charge is 0.410 e. The Balaban J connectivity index is 1.74. The van der Waals surface area contributed by atoms with Gasteiger partial charge in [-0.05, 0) is 63.9 Å². The maximum absolute atomic E-state index is 14.4. The highest BCUT2D eigenvalue weighted by molar-refractivity contribution is 5.91. The molecule has 2 heterocycles. The maximum Gasteiger partial charge on any atom is 0.410 e. The summed E-state index contributed by atoms with van der Waals surface area (Å²) in [5.74, 6) is -0.124. The summed E-state index contributed by atoms with van der Waals surface area (Å²) in [5.41, 5.74) is 1.00. The Morgan fingerprint density at radius 3 is 2.51 bits per heavy atom. The van der Waals surface area contributed by atoms with Gasteiger partial charge in [0.15, 0.2) is 5.69 Å². The second-order valence-electron chi connectivity index (χ2n) is 9.87. The van der Waals surface area contributed by atoms with E-state index >= 15 is 0 Å². The Morgan fingerprint density at radius 2 is 1.94 bits per heavy atom. The van der Waals surface area contributed by atoms with Gasteiger partial charge in [0.05, 0.1) is 6.04 Å². The van der Waals surface area contributed by atoms with Crippen LogP contribution in [0.3, 0.4) is 0 Å². The van der Waals surface area contributed by atoms with Crippen molar-refractivity contribution >= 4 is 17.8 Å². The van der Waals surface area contributed by atoms with Crippen LogP contribution >= 0.6 is 0 Å². The monoisotopic (exact) mass is 486 g/mol. The number of nitrogens with zero attached hydrogens (tertiary/aromatic N) is 4. The van der Waals surface area contributed by atoms with E-state index in [0.717, 1.165) is 5.56 Å². The van der Waals surface area contributed by atoms with Gasteiger partial charge in [0.1, 0.15) is 17.2 Å². The number of amides is 2. The first-order valence-electron chi connectivity index (χ1n) is 11.8. The fourth-order valence-electron chi connectivity index (χ4n) is 3.95. The van der Waals surface area contributed by atoms with E-state index in [2.05, 4.69) is 25.7 Å². The molecule has 0 spiro atoms. The molecule has 1 aliphatic heterocycles. The van der Waals surface area contributed by atoms with Crippen molar-refractivity contribution in [2.24, 2.45) is 0 Å². The van der Waals surface area contributed by atoms with E-state index in [9.17, 15) is 14.0 Å². The van der Waals surface area contributed by atoms with Crippen LogP contribution in [-0.2, 0) is 4.74 Å². The molecule has 1 saturated heterocycles. The SMILES string of the molecule is CNC(=O)c1ccc(NC(CN2CCN(C(=O)OC(C)(C)C)[C@H](C)C2)c2ccc(C)c(F)c2)nn1. The molecule has 3 rings (SSSR count). The second-order valence-corrected chi connectivity index (χ2v) is 9.87. The van der Waals surface area contributed by atoms with Crippen molar-refractivity contribution in [1.29, 1.82) is 0 Å². The molecule has 1 aromatic heterocycles. The highest BCUT2D eigenvalue weighted by atomic mass is 19.1. The molecule has 0 bridgehead atoms. The summed E-state index contributed by atoms with van der Waals surface area (Å²) in [6.07, 6.45) is -0.314. The third-order valence-corrected chi connectivity index (χ3v) is 5.83. The fraction of sp³-hybridized carbons (Fsp3) is 0.520. The lowest BCUT2D eigenvalue weighted by molar-refractivity contribution is 0.00108. The molecule has 35 heavy (non-hydrogen) atoms. The molecular weight excluding hydrogens is 451 g/mol. The molecule has 2 N–H and O–H groups in total. The number of hydrogen-bond donors (Lipinski definition) is 2. The van der Waals surface area contributed by atoms with Gasteiger partial charge in [0.25, 0.3) is 5.91 Å². The number of ether oxygens (including phenoxy) is 1. The number of aryl methyl sites for hydroxylation is 1. The summed E-state index contributed by atoms with van der Waals surface area (Å²) < 4.78 is 19.9. The van der Waals surface area contributed by atoms with Crippen molar-refractivity contribution in [1.82, 2.24) is 25.3 Å². The molecular formula is C25H35FN6O3. The van der Waals surface area contributed by atoms with Crippen LogP contribution in [0, 0.1) is 12.7 Å². The number of carbonyl (C=O) groups is 2. The molecule has 190 valence electrons. The maximum atomic E-state index is 14.4. The topological polar surface area (TPSA) is 99.7 Å². The highest BCUT2D eigenvalue weighted by Crippen LogP contribution is 2.24. The lowest BCUT2D eigenvalue weighted by Crippen LogP contribution is -2.55. The summed E-state index contributed by atoms with van der Waals surface area (Å²) in [6, 6.07) is 8.11. The Kier molecular flexibility index (Phi) is 8.26. The first-order valence-corrected chi connectivity index (χ1v) is 11.8. The molecule has 0 saturated carbocycles. The van der Waals surface area contributed by atoms with Crippen LogP contribution in [0.1, 0.15) is 55.4 Å². The average Bonchev–Trinajstić information content (AvgIpc) is 2.79. The van der Waals surface area contributed by atoms with Gasteiger partial charge in [-0.3, -0.25) is 9.69 Å². The number of anilines is 1. The summed E-state index contributed by atoms with van der Waals surface area (Å²) in [6.45, 7) is 11.7. The van der Waals surface area contributed by atoms with Gasteiger partial charge in [0.2, 0.25) is 0 Å². The molecule has 1 aromatic carbocycles. The molecule has 1 unspecified atom stereocenters. The largest absolute Gasteiger partial charge is 0.444 e. The molecule has 1 aliphatic rings. The van der Waals surface area contributed by atoms with Crippen LogP contribution < -0.4 is 10.6 Å². The molecule has 9 nitrogen and oxygen atoms in total. The van der Waals surface area contributed by atoms with Gasteiger partial charge in [-0.15, -0.1) is 10.2 Å². The molecule has 10 heteroatoms. The minimum absolute atomic E-state index is 0.0411. The van der Waals surface area contributed by atoms with Crippen molar-refractivity contribution in [2.75, 3.05) is 38.5 Å². The minimum Gasteiger partial charge on any atom is -0.444 e. The fourth-order valence-corrected chi connectivity index (χ4v) is 3.95. The van der Waals surface area contributed by atoms with E-state index in [1.54, 1.807) is 30.0 Å². The van der Waals surface area contributed by atoms with E-state index in [0.29, 0.717) is 37.6 Å². The minimum atomic E-state index is -0.549. The molecule has 0 aliphatic carbocycles. The Labute approximate surface area is 206 Å². The molecule has 2 atom stereocenters. The number of hydrogen-bond acceptors (Lipinski definition) is 7. The van der Waals surface area contributed by atoms with Crippen molar-refractivity contribution in [3.63, 3.8) is 0 Å². The Morgan fingerprint density at radius 1 is 1.20 bits per heavy atom. The lowest BCUT2D eigenvalue weighted by atomic mass is 10.0. The average molecular weight is 487 g/mol. The van der Waals surface area contributed by atoms with Crippen LogP contribution in [0.5, 0.6) is 0 Å². The summed E-state index contributed by atoms with van der Waals surface area (Å²) >= 11 is 0. The van der Waals surface area contributed by atoms with E-state index in [1.807, 2.05) is 33.8 Å². The quantitative estimate of drug-likeness (QED) is 0.646. The van der Waals surface area contributed by atoms with Gasteiger partial charge >= 0.3 is 6.09 Å². The standard InChI is InChI=1S/C25H35FN6O3/c1-16-7-8-18(13-19(16)26)21(28-22-10-9-20(29-30-22)23(33)27-6)15-31-11-12-32(17(2)14-31)24(34)35-25(3,4)5/h7-10,13,17,21H,11-12,14-15H2,1-6H3,(H,27,33)(H,28,30)/t17-,21?/m1/s1. The Bertz CT molecular complexity index is 1040. The molecule has 2 amide bonds. The van der Waals surface area contributed by atoms with Crippen molar-refractivity contribution in [2.45, 2.75) is 52.3 Å². The van der Waals surface area contributed by atoms with E-state index < -0.39 is 5.60 Å². The lowest BCUT2D eigenvalue weighted by Gasteiger charge is -2.41. The third-order valence-electron chi connectivity index (χ3n) is 5.83. The number of carbonyl (C=O) groups excluding carboxylic acids is 2. The van der Waals surface area contributed by atoms with Gasteiger partial charge < -0.3 is 20.3 Å². The van der Waals surface area contributed by atoms with Gasteiger partial charge in [-0.1, -0.05) is 12.1 Å². The molecule has 2 aromatic rings. The number of nitrogens with one attached hydrogen (secondary N) is 2. The van der Waals surface area contributed by atoms with E-state index in [4.69, 9.17) is 4.74 Å². The van der Waals surface area contributed by atoms with Crippen LogP contribution in [0.4, 0.5) is 15.0 Å². The first kappa shape index (κ1) is 26.3. The first-order chi connectivity index (χ1) is 16.5. The number of benzene rings is 1. The van der Waals surface area contributed by atoms with Crippen LogP contribution in [0.25, 0.3) is 0 Å². The number of piperazine rings is 1. The third kappa shape index (κ3) is 7.11. The molecule has 1 fully saturated rings. The number of aromatic nitrogens is 2. The van der Waals surface area contributed by atoms with Gasteiger partial charge in [-0.2, -0.15) is 0 Å². The van der Waals surface area contributed by atoms with Crippen molar-refractivity contribution in [3.05, 3.63) is 53.0 Å². The van der Waals surface area contributed by atoms with Gasteiger partial charge in [0, 0.05) is 39.3 Å². The number of halogens is 1. The molecule has 0 radical (unpaired) electrons. The van der Waals surface area contributed by atoms with Crippen LogP contribution in [0.2, 0.25) is 0 Å². The Hall–Kier alpha value is -3.27. The zero-order valence-electron chi connectivity index (χ0n) is 21.3. The summed E-state index contributed by atoms with van der Waals surface area (Å²) in [5, 5.41) is 13.9. The van der Waals surface area contributed by atoms with Gasteiger partial charge in [-0.25, -0.2) is 9.18 Å². The highest BCUT2D eigenvalue weighted by Gasteiger charge is 2.32. The zero-order valence-corrected chi connectivity index (χ0v) is 21.3. The normalized spacial score (nSPS) is 17.6.